The molecule has 1 fully saturated rings. The molecule has 0 bridgehead atoms. The van der Waals surface area contributed by atoms with Gasteiger partial charge in [-0.3, -0.25) is 9.59 Å². The van der Waals surface area contributed by atoms with Crippen molar-refractivity contribution in [3.63, 3.8) is 0 Å². The van der Waals surface area contributed by atoms with Crippen LogP contribution in [0.2, 0.25) is 0 Å². The number of hydrogen-bond acceptors (Lipinski definition) is 2. The third kappa shape index (κ3) is 13.3. The SMILES string of the molecule is CCCCCCCCCCCCCCCCCCNC(=O)[C@H]1CCCC[C@H]1C(=O)O. The van der Waals surface area contributed by atoms with Gasteiger partial charge in [-0.25, -0.2) is 0 Å². The molecule has 1 amide bonds. The number of rotatable bonds is 19. The molecule has 0 saturated heterocycles. The van der Waals surface area contributed by atoms with E-state index < -0.39 is 11.9 Å². The zero-order valence-corrected chi connectivity index (χ0v) is 19.8. The summed E-state index contributed by atoms with van der Waals surface area (Å²) in [6.45, 7) is 2.97. The largest absolute Gasteiger partial charge is 0.481 e. The molecule has 0 spiro atoms. The van der Waals surface area contributed by atoms with Gasteiger partial charge in [0, 0.05) is 6.54 Å². The Hall–Kier alpha value is -1.06. The fraction of sp³-hybridized carbons (Fsp3) is 0.923. The van der Waals surface area contributed by atoms with Gasteiger partial charge in [-0.15, -0.1) is 0 Å². The molecule has 0 aliphatic heterocycles. The van der Waals surface area contributed by atoms with E-state index in [4.69, 9.17) is 0 Å². The standard InChI is InChI=1S/C26H49NO3/c1-2-3-4-5-6-7-8-9-10-11-12-13-14-15-16-19-22-27-25(28)23-20-17-18-21-24(23)26(29)30/h23-24H,2-22H2,1H3,(H,27,28)(H,29,30)/t23-,24+/m0/s1. The van der Waals surface area contributed by atoms with Crippen LogP contribution in [0.5, 0.6) is 0 Å². The molecule has 0 unspecified atom stereocenters. The quantitative estimate of drug-likeness (QED) is 0.215. The lowest BCUT2D eigenvalue weighted by atomic mass is 9.78. The van der Waals surface area contributed by atoms with Crippen LogP contribution < -0.4 is 5.32 Å². The molecule has 0 aromatic carbocycles. The summed E-state index contributed by atoms with van der Waals surface area (Å²) in [4.78, 5) is 23.6. The van der Waals surface area contributed by atoms with Gasteiger partial charge in [0.2, 0.25) is 5.91 Å². The number of carbonyl (C=O) groups is 2. The minimum atomic E-state index is -0.808. The maximum Gasteiger partial charge on any atom is 0.307 e. The van der Waals surface area contributed by atoms with Gasteiger partial charge < -0.3 is 10.4 Å². The van der Waals surface area contributed by atoms with E-state index in [1.165, 1.54) is 89.9 Å². The van der Waals surface area contributed by atoms with Crippen LogP contribution in [0.3, 0.4) is 0 Å². The van der Waals surface area contributed by atoms with Crippen LogP contribution >= 0.6 is 0 Å². The van der Waals surface area contributed by atoms with Crippen LogP contribution in [0.15, 0.2) is 0 Å². The summed E-state index contributed by atoms with van der Waals surface area (Å²) in [6, 6.07) is 0. The Balaban J connectivity index is 1.84. The number of aliphatic carboxylic acids is 1. The zero-order chi connectivity index (χ0) is 21.9. The van der Waals surface area contributed by atoms with Gasteiger partial charge in [0.1, 0.15) is 0 Å². The third-order valence-electron chi connectivity index (χ3n) is 6.75. The van der Waals surface area contributed by atoms with Gasteiger partial charge in [-0.1, -0.05) is 116 Å². The Morgan fingerprint density at radius 2 is 1.07 bits per heavy atom. The highest BCUT2D eigenvalue weighted by Gasteiger charge is 2.35. The molecule has 1 saturated carbocycles. The van der Waals surface area contributed by atoms with Crippen molar-refractivity contribution in [1.29, 1.82) is 0 Å². The second-order valence-electron chi connectivity index (χ2n) is 9.43. The van der Waals surface area contributed by atoms with Crippen molar-refractivity contribution in [3.8, 4) is 0 Å². The second kappa shape index (κ2) is 18.7. The predicted octanol–water partition coefficient (Wildman–Crippen LogP) is 7.26. The van der Waals surface area contributed by atoms with Crippen molar-refractivity contribution in [2.75, 3.05) is 6.54 Å². The van der Waals surface area contributed by atoms with Crippen molar-refractivity contribution in [1.82, 2.24) is 5.32 Å². The monoisotopic (exact) mass is 423 g/mol. The van der Waals surface area contributed by atoms with Gasteiger partial charge in [-0.05, 0) is 19.3 Å². The van der Waals surface area contributed by atoms with E-state index in [1.807, 2.05) is 0 Å². The molecule has 1 aliphatic carbocycles. The number of carbonyl (C=O) groups excluding carboxylic acids is 1. The van der Waals surface area contributed by atoms with Crippen molar-refractivity contribution in [2.24, 2.45) is 11.8 Å². The van der Waals surface area contributed by atoms with Crippen LogP contribution in [-0.2, 0) is 9.59 Å². The summed E-state index contributed by atoms with van der Waals surface area (Å²) in [5, 5.41) is 12.3. The molecule has 0 radical (unpaired) electrons. The first-order valence-electron chi connectivity index (χ1n) is 13.2. The molecule has 0 aromatic rings. The molecular weight excluding hydrogens is 374 g/mol. The topological polar surface area (TPSA) is 66.4 Å². The van der Waals surface area contributed by atoms with Gasteiger partial charge >= 0.3 is 5.97 Å². The van der Waals surface area contributed by atoms with E-state index in [1.54, 1.807) is 0 Å². The molecule has 4 nitrogen and oxygen atoms in total. The molecular formula is C26H49NO3. The van der Waals surface area contributed by atoms with Crippen molar-refractivity contribution in [3.05, 3.63) is 0 Å². The lowest BCUT2D eigenvalue weighted by Crippen LogP contribution is -2.40. The van der Waals surface area contributed by atoms with E-state index in [9.17, 15) is 14.7 Å². The van der Waals surface area contributed by atoms with Crippen molar-refractivity contribution >= 4 is 11.9 Å². The zero-order valence-electron chi connectivity index (χ0n) is 19.8. The van der Waals surface area contributed by atoms with Gasteiger partial charge in [0.15, 0.2) is 0 Å². The average Bonchev–Trinajstić information content (AvgIpc) is 2.75. The first-order chi connectivity index (χ1) is 14.7. The minimum Gasteiger partial charge on any atom is -0.481 e. The summed E-state index contributed by atoms with van der Waals surface area (Å²) in [5.41, 5.74) is 0. The Kier molecular flexibility index (Phi) is 16.8. The van der Waals surface area contributed by atoms with Crippen molar-refractivity contribution in [2.45, 2.75) is 135 Å². The number of nitrogens with one attached hydrogen (secondary N) is 1. The Labute approximate surface area is 186 Å². The number of amides is 1. The number of carboxylic acids is 1. The first-order valence-corrected chi connectivity index (χ1v) is 13.2. The number of hydrogen-bond donors (Lipinski definition) is 2. The van der Waals surface area contributed by atoms with Gasteiger partial charge in [-0.2, -0.15) is 0 Å². The Morgan fingerprint density at radius 3 is 1.50 bits per heavy atom. The first kappa shape index (κ1) is 27.0. The van der Waals surface area contributed by atoms with Crippen LogP contribution in [-0.4, -0.2) is 23.5 Å². The van der Waals surface area contributed by atoms with Crippen LogP contribution in [0.1, 0.15) is 135 Å². The average molecular weight is 424 g/mol. The summed E-state index contributed by atoms with van der Waals surface area (Å²) >= 11 is 0. The molecule has 0 heterocycles. The Morgan fingerprint density at radius 1 is 0.667 bits per heavy atom. The maximum absolute atomic E-state index is 12.3. The molecule has 1 aliphatic rings. The Bertz CT molecular complexity index is 438. The molecule has 4 heteroatoms. The smallest absolute Gasteiger partial charge is 0.307 e. The normalized spacial score (nSPS) is 19.0. The molecule has 1 rings (SSSR count). The highest BCUT2D eigenvalue weighted by atomic mass is 16.4. The van der Waals surface area contributed by atoms with Crippen molar-refractivity contribution < 1.29 is 14.7 Å². The molecule has 2 N–H and O–H groups in total. The van der Waals surface area contributed by atoms with E-state index in [0.717, 1.165) is 32.1 Å². The lowest BCUT2D eigenvalue weighted by Gasteiger charge is -2.27. The summed E-state index contributed by atoms with van der Waals surface area (Å²) in [6.07, 6.45) is 24.8. The van der Waals surface area contributed by atoms with E-state index in [-0.39, 0.29) is 11.8 Å². The van der Waals surface area contributed by atoms with Crippen LogP contribution in [0.25, 0.3) is 0 Å². The molecule has 2 atom stereocenters. The minimum absolute atomic E-state index is 0.0388. The number of unbranched alkanes of at least 4 members (excludes halogenated alkanes) is 15. The highest BCUT2D eigenvalue weighted by Crippen LogP contribution is 2.30. The third-order valence-corrected chi connectivity index (χ3v) is 6.75. The molecule has 30 heavy (non-hydrogen) atoms. The summed E-state index contributed by atoms with van der Waals surface area (Å²) in [7, 11) is 0. The van der Waals surface area contributed by atoms with E-state index >= 15 is 0 Å². The highest BCUT2D eigenvalue weighted by molar-refractivity contribution is 5.84. The van der Waals surface area contributed by atoms with Crippen LogP contribution in [0, 0.1) is 11.8 Å². The number of carboxylic acid groups (broad SMARTS) is 1. The van der Waals surface area contributed by atoms with Gasteiger partial charge in [0.05, 0.1) is 11.8 Å². The molecule has 0 aromatic heterocycles. The van der Waals surface area contributed by atoms with Crippen LogP contribution in [0.4, 0.5) is 0 Å². The van der Waals surface area contributed by atoms with E-state index in [2.05, 4.69) is 12.2 Å². The summed E-state index contributed by atoms with van der Waals surface area (Å²) < 4.78 is 0. The maximum atomic E-state index is 12.3. The van der Waals surface area contributed by atoms with E-state index in [0.29, 0.717) is 13.0 Å². The fourth-order valence-electron chi connectivity index (χ4n) is 4.76. The molecule has 176 valence electrons. The lowest BCUT2D eigenvalue weighted by molar-refractivity contribution is -0.148. The fourth-order valence-corrected chi connectivity index (χ4v) is 4.76. The van der Waals surface area contributed by atoms with Gasteiger partial charge in [0.25, 0.3) is 0 Å². The second-order valence-corrected chi connectivity index (χ2v) is 9.43. The predicted molar refractivity (Wildman–Crippen MR) is 126 cm³/mol. The summed E-state index contributed by atoms with van der Waals surface area (Å²) in [5.74, 6) is -1.65.